The van der Waals surface area contributed by atoms with Gasteiger partial charge in [0.15, 0.2) is 0 Å². The van der Waals surface area contributed by atoms with Crippen LogP contribution in [0.2, 0.25) is 0 Å². The highest BCUT2D eigenvalue weighted by Crippen LogP contribution is 2.13. The van der Waals surface area contributed by atoms with Gasteiger partial charge in [-0.3, -0.25) is 4.79 Å². The van der Waals surface area contributed by atoms with E-state index in [9.17, 15) is 4.79 Å². The maximum atomic E-state index is 12.1. The Morgan fingerprint density at radius 3 is 2.47 bits per heavy atom. The molecular formula is C16H18N2O. The number of nitrogens with two attached hydrogens (primary N) is 1. The number of hydrogen-bond acceptors (Lipinski definition) is 2. The van der Waals surface area contributed by atoms with Crippen LogP contribution in [-0.4, -0.2) is 5.91 Å². The third-order valence-corrected chi connectivity index (χ3v) is 3.28. The van der Waals surface area contributed by atoms with Gasteiger partial charge in [-0.25, -0.2) is 0 Å². The van der Waals surface area contributed by atoms with Crippen molar-refractivity contribution < 1.29 is 4.79 Å². The molecule has 0 saturated heterocycles. The van der Waals surface area contributed by atoms with Crippen LogP contribution in [0.5, 0.6) is 0 Å². The van der Waals surface area contributed by atoms with E-state index >= 15 is 0 Å². The molecule has 0 atom stereocenters. The number of amides is 1. The molecule has 0 aliphatic heterocycles. The summed E-state index contributed by atoms with van der Waals surface area (Å²) in [7, 11) is 0. The normalized spacial score (nSPS) is 10.2. The Bertz CT molecular complexity index is 588. The summed E-state index contributed by atoms with van der Waals surface area (Å²) in [6.45, 7) is 4.48. The van der Waals surface area contributed by atoms with Crippen molar-refractivity contribution in [2.45, 2.75) is 20.4 Å². The summed E-state index contributed by atoms with van der Waals surface area (Å²) in [5, 5.41) is 2.92. The van der Waals surface area contributed by atoms with Crippen LogP contribution in [0.1, 0.15) is 27.0 Å². The van der Waals surface area contributed by atoms with Crippen molar-refractivity contribution in [2.75, 3.05) is 5.73 Å². The fourth-order valence-electron chi connectivity index (χ4n) is 1.91. The zero-order valence-electron chi connectivity index (χ0n) is 11.2. The lowest BCUT2D eigenvalue weighted by atomic mass is 10.0. The Morgan fingerprint density at radius 2 is 1.79 bits per heavy atom. The fraction of sp³-hybridized carbons (Fsp3) is 0.188. The lowest BCUT2D eigenvalue weighted by Crippen LogP contribution is -2.23. The second-order valence-electron chi connectivity index (χ2n) is 4.67. The monoisotopic (exact) mass is 254 g/mol. The fourth-order valence-corrected chi connectivity index (χ4v) is 1.91. The molecule has 0 aliphatic carbocycles. The van der Waals surface area contributed by atoms with Gasteiger partial charge >= 0.3 is 0 Å². The first-order valence-electron chi connectivity index (χ1n) is 6.27. The van der Waals surface area contributed by atoms with Gasteiger partial charge in [0.1, 0.15) is 0 Å². The largest absolute Gasteiger partial charge is 0.399 e. The van der Waals surface area contributed by atoms with Crippen molar-refractivity contribution in [1.82, 2.24) is 5.32 Å². The number of carbonyl (C=O) groups excluding carboxylic acids is 1. The molecule has 98 valence electrons. The molecule has 0 spiro atoms. The highest BCUT2D eigenvalue weighted by Gasteiger charge is 2.09. The van der Waals surface area contributed by atoms with Crippen LogP contribution in [0.25, 0.3) is 0 Å². The van der Waals surface area contributed by atoms with Crippen molar-refractivity contribution in [3.8, 4) is 0 Å². The van der Waals surface area contributed by atoms with Crippen molar-refractivity contribution >= 4 is 11.6 Å². The van der Waals surface area contributed by atoms with Gasteiger partial charge in [0.25, 0.3) is 5.91 Å². The van der Waals surface area contributed by atoms with Gasteiger partial charge < -0.3 is 11.1 Å². The molecule has 3 nitrogen and oxygen atoms in total. The van der Waals surface area contributed by atoms with Crippen molar-refractivity contribution in [3.63, 3.8) is 0 Å². The zero-order chi connectivity index (χ0) is 13.8. The predicted octanol–water partition coefficient (Wildman–Crippen LogP) is 2.82. The minimum Gasteiger partial charge on any atom is -0.399 e. The number of nitrogens with one attached hydrogen (secondary N) is 1. The van der Waals surface area contributed by atoms with E-state index in [0.717, 1.165) is 27.9 Å². The Kier molecular flexibility index (Phi) is 3.85. The van der Waals surface area contributed by atoms with Crippen LogP contribution < -0.4 is 11.1 Å². The van der Waals surface area contributed by atoms with E-state index in [-0.39, 0.29) is 5.91 Å². The van der Waals surface area contributed by atoms with E-state index in [1.54, 1.807) is 0 Å². The number of aryl methyl sites for hydroxylation is 1. The van der Waals surface area contributed by atoms with Gasteiger partial charge in [0.05, 0.1) is 0 Å². The summed E-state index contributed by atoms with van der Waals surface area (Å²) in [5.74, 6) is -0.0435. The van der Waals surface area contributed by atoms with Gasteiger partial charge in [0.2, 0.25) is 0 Å². The van der Waals surface area contributed by atoms with Crippen LogP contribution >= 0.6 is 0 Å². The smallest absolute Gasteiger partial charge is 0.251 e. The topological polar surface area (TPSA) is 55.1 Å². The molecule has 2 aromatic carbocycles. The average Bonchev–Trinajstić information content (AvgIpc) is 2.41. The molecule has 0 saturated carbocycles. The predicted molar refractivity (Wildman–Crippen MR) is 77.9 cm³/mol. The number of carbonyl (C=O) groups is 1. The Hall–Kier alpha value is -2.29. The summed E-state index contributed by atoms with van der Waals surface area (Å²) in [6, 6.07) is 13.3. The zero-order valence-corrected chi connectivity index (χ0v) is 11.2. The molecule has 0 radical (unpaired) electrons. The van der Waals surface area contributed by atoms with Crippen molar-refractivity contribution in [2.24, 2.45) is 0 Å². The lowest BCUT2D eigenvalue weighted by molar-refractivity contribution is 0.0950. The second-order valence-corrected chi connectivity index (χ2v) is 4.67. The first kappa shape index (κ1) is 13.1. The van der Waals surface area contributed by atoms with Crippen LogP contribution in [0.3, 0.4) is 0 Å². The highest BCUT2D eigenvalue weighted by molar-refractivity contribution is 5.95. The highest BCUT2D eigenvalue weighted by atomic mass is 16.1. The van der Waals surface area contributed by atoms with E-state index in [1.807, 2.05) is 56.3 Å². The molecule has 0 aromatic heterocycles. The number of rotatable bonds is 3. The number of benzene rings is 2. The number of anilines is 1. The summed E-state index contributed by atoms with van der Waals surface area (Å²) in [4.78, 5) is 12.1. The quantitative estimate of drug-likeness (QED) is 0.827. The third kappa shape index (κ3) is 3.13. The number of hydrogen-bond donors (Lipinski definition) is 2. The molecule has 0 aliphatic rings. The first-order valence-corrected chi connectivity index (χ1v) is 6.27. The molecule has 3 N–H and O–H groups in total. The molecule has 19 heavy (non-hydrogen) atoms. The van der Waals surface area contributed by atoms with Crippen molar-refractivity contribution in [1.29, 1.82) is 0 Å². The molecule has 2 aromatic rings. The minimum atomic E-state index is -0.0435. The summed E-state index contributed by atoms with van der Waals surface area (Å²) in [5.41, 5.74) is 10.3. The Morgan fingerprint density at radius 1 is 1.11 bits per heavy atom. The first-order chi connectivity index (χ1) is 9.08. The minimum absolute atomic E-state index is 0.0435. The van der Waals surface area contributed by atoms with Crippen LogP contribution in [0, 0.1) is 13.8 Å². The van der Waals surface area contributed by atoms with E-state index in [1.165, 1.54) is 0 Å². The third-order valence-electron chi connectivity index (χ3n) is 3.28. The van der Waals surface area contributed by atoms with E-state index < -0.39 is 0 Å². The average molecular weight is 254 g/mol. The molecule has 2 rings (SSSR count). The molecule has 3 heteroatoms. The maximum Gasteiger partial charge on any atom is 0.251 e. The number of nitrogen functional groups attached to an aromatic ring is 1. The molecule has 0 bridgehead atoms. The van der Waals surface area contributed by atoms with E-state index in [4.69, 9.17) is 5.73 Å². The second kappa shape index (κ2) is 5.57. The maximum absolute atomic E-state index is 12.1. The SMILES string of the molecule is Cc1cccc(C(=O)NCc2ccc(N)cc2)c1C. The van der Waals surface area contributed by atoms with Gasteiger partial charge in [-0.05, 0) is 48.7 Å². The summed E-state index contributed by atoms with van der Waals surface area (Å²) >= 11 is 0. The van der Waals surface area contributed by atoms with Crippen molar-refractivity contribution in [3.05, 3.63) is 64.7 Å². The summed E-state index contributed by atoms with van der Waals surface area (Å²) in [6.07, 6.45) is 0. The van der Waals surface area contributed by atoms with Crippen LogP contribution in [-0.2, 0) is 6.54 Å². The summed E-state index contributed by atoms with van der Waals surface area (Å²) < 4.78 is 0. The standard InChI is InChI=1S/C16H18N2O/c1-11-4-3-5-15(12(11)2)16(19)18-10-13-6-8-14(17)9-7-13/h3-9H,10,17H2,1-2H3,(H,18,19). The van der Waals surface area contributed by atoms with E-state index in [2.05, 4.69) is 5.32 Å². The Labute approximate surface area is 113 Å². The molecule has 0 unspecified atom stereocenters. The molecule has 1 amide bonds. The molecule has 0 heterocycles. The molecular weight excluding hydrogens is 236 g/mol. The van der Waals surface area contributed by atoms with Crippen LogP contribution in [0.4, 0.5) is 5.69 Å². The van der Waals surface area contributed by atoms with Crippen LogP contribution in [0.15, 0.2) is 42.5 Å². The van der Waals surface area contributed by atoms with Gasteiger partial charge in [-0.2, -0.15) is 0 Å². The van der Waals surface area contributed by atoms with E-state index in [0.29, 0.717) is 6.54 Å². The molecule has 0 fully saturated rings. The Balaban J connectivity index is 2.05. The van der Waals surface area contributed by atoms with Gasteiger partial charge in [-0.1, -0.05) is 24.3 Å². The lowest BCUT2D eigenvalue weighted by Gasteiger charge is -2.09. The van der Waals surface area contributed by atoms with Gasteiger partial charge in [0, 0.05) is 17.8 Å². The van der Waals surface area contributed by atoms with Gasteiger partial charge in [-0.15, -0.1) is 0 Å².